The van der Waals surface area contributed by atoms with E-state index in [2.05, 4.69) is 16.0 Å². The van der Waals surface area contributed by atoms with Gasteiger partial charge in [0, 0.05) is 33.1 Å². The van der Waals surface area contributed by atoms with Crippen molar-refractivity contribution in [3.8, 4) is 0 Å². The predicted octanol–water partition coefficient (Wildman–Crippen LogP) is 4.54. The number of benzene rings is 2. The third kappa shape index (κ3) is 3.89. The molecule has 0 saturated carbocycles. The Morgan fingerprint density at radius 2 is 1.78 bits per heavy atom. The van der Waals surface area contributed by atoms with Crippen molar-refractivity contribution in [2.24, 2.45) is 0 Å². The van der Waals surface area contributed by atoms with E-state index in [9.17, 15) is 18.4 Å². The van der Waals surface area contributed by atoms with E-state index in [1.165, 1.54) is 13.0 Å². The van der Waals surface area contributed by atoms with Crippen LogP contribution in [0.1, 0.15) is 18.5 Å². The van der Waals surface area contributed by atoms with E-state index in [0.29, 0.717) is 5.56 Å². The highest BCUT2D eigenvalue weighted by molar-refractivity contribution is 6.36. The Morgan fingerprint density at radius 1 is 1.11 bits per heavy atom. The molecule has 3 amide bonds. The normalized spacial score (nSPS) is 16.6. The van der Waals surface area contributed by atoms with E-state index in [-0.39, 0.29) is 27.0 Å². The molecule has 0 spiro atoms. The lowest BCUT2D eigenvalue weighted by Crippen LogP contribution is -2.46. The molecule has 0 saturated heterocycles. The van der Waals surface area contributed by atoms with Crippen molar-refractivity contribution < 1.29 is 18.4 Å². The number of carbonyl (C=O) groups excluding carboxylic acids is 2. The van der Waals surface area contributed by atoms with E-state index >= 15 is 0 Å². The molecule has 0 aliphatic carbocycles. The molecule has 2 aromatic rings. The predicted molar refractivity (Wildman–Crippen MR) is 98.6 cm³/mol. The van der Waals surface area contributed by atoms with Gasteiger partial charge < -0.3 is 16.0 Å². The second-order valence-electron chi connectivity index (χ2n) is 5.79. The van der Waals surface area contributed by atoms with Gasteiger partial charge in [-0.3, -0.25) is 4.79 Å². The SMILES string of the molecule is CC1=C(C(=O)Nc2ccc(F)c(F)c2)C(c2c(Cl)cccc2Cl)NC(=O)N1. The molecular weight excluding hydrogens is 399 g/mol. The van der Waals surface area contributed by atoms with Gasteiger partial charge in [-0.25, -0.2) is 13.6 Å². The molecule has 1 heterocycles. The van der Waals surface area contributed by atoms with Crippen molar-refractivity contribution in [1.82, 2.24) is 10.6 Å². The lowest BCUT2D eigenvalue weighted by atomic mass is 9.94. The average Bonchev–Trinajstić information content (AvgIpc) is 2.57. The molecule has 1 aliphatic rings. The molecule has 27 heavy (non-hydrogen) atoms. The highest BCUT2D eigenvalue weighted by Gasteiger charge is 2.33. The van der Waals surface area contributed by atoms with Crippen molar-refractivity contribution in [2.75, 3.05) is 5.32 Å². The van der Waals surface area contributed by atoms with E-state index in [0.717, 1.165) is 12.1 Å². The molecule has 1 atom stereocenters. The van der Waals surface area contributed by atoms with Gasteiger partial charge in [-0.2, -0.15) is 0 Å². The van der Waals surface area contributed by atoms with Crippen molar-refractivity contribution in [3.63, 3.8) is 0 Å². The van der Waals surface area contributed by atoms with Crippen LogP contribution in [-0.4, -0.2) is 11.9 Å². The Hall–Kier alpha value is -2.64. The summed E-state index contributed by atoms with van der Waals surface area (Å²) in [5.41, 5.74) is 0.819. The van der Waals surface area contributed by atoms with Gasteiger partial charge in [-0.1, -0.05) is 29.3 Å². The molecule has 0 aromatic heterocycles. The third-order valence-electron chi connectivity index (χ3n) is 3.98. The van der Waals surface area contributed by atoms with Crippen LogP contribution < -0.4 is 16.0 Å². The van der Waals surface area contributed by atoms with Crippen LogP contribution in [0.4, 0.5) is 19.3 Å². The molecule has 5 nitrogen and oxygen atoms in total. The summed E-state index contributed by atoms with van der Waals surface area (Å²) in [4.78, 5) is 24.7. The summed E-state index contributed by atoms with van der Waals surface area (Å²) in [6.45, 7) is 1.54. The Balaban J connectivity index is 2.01. The van der Waals surface area contributed by atoms with E-state index in [1.807, 2.05) is 0 Å². The van der Waals surface area contributed by atoms with Crippen LogP contribution in [-0.2, 0) is 4.79 Å². The number of nitrogens with one attached hydrogen (secondary N) is 3. The maximum absolute atomic E-state index is 13.4. The largest absolute Gasteiger partial charge is 0.327 e. The molecule has 2 aromatic carbocycles. The highest BCUT2D eigenvalue weighted by Crippen LogP contribution is 2.36. The average molecular weight is 412 g/mol. The highest BCUT2D eigenvalue weighted by atomic mass is 35.5. The standard InChI is InChI=1S/C18H13Cl2F2N3O2/c1-8-14(17(26)24-9-5-6-12(21)13(22)7-9)16(25-18(27)23-8)15-10(19)3-2-4-11(15)20/h2-7,16H,1H3,(H,24,26)(H2,23,25,27). The summed E-state index contributed by atoms with van der Waals surface area (Å²) in [7, 11) is 0. The van der Waals surface area contributed by atoms with Gasteiger partial charge in [0.1, 0.15) is 0 Å². The minimum atomic E-state index is -1.10. The van der Waals surface area contributed by atoms with E-state index < -0.39 is 29.6 Å². The fourth-order valence-electron chi connectivity index (χ4n) is 2.77. The summed E-state index contributed by atoms with van der Waals surface area (Å²) in [6, 6.07) is 6.31. The Kier molecular flexibility index (Phi) is 5.34. The molecule has 1 unspecified atom stereocenters. The Bertz CT molecular complexity index is 959. The van der Waals surface area contributed by atoms with Crippen molar-refractivity contribution in [1.29, 1.82) is 0 Å². The number of urea groups is 1. The third-order valence-corrected chi connectivity index (χ3v) is 4.64. The Labute approximate surface area is 163 Å². The topological polar surface area (TPSA) is 70.2 Å². The molecule has 3 N–H and O–H groups in total. The van der Waals surface area contributed by atoms with Gasteiger partial charge in [0.25, 0.3) is 5.91 Å². The lowest BCUT2D eigenvalue weighted by Gasteiger charge is -2.29. The molecule has 0 radical (unpaired) electrons. The van der Waals surface area contributed by atoms with Crippen molar-refractivity contribution in [3.05, 3.63) is 74.9 Å². The molecule has 0 fully saturated rings. The first-order valence-corrected chi connectivity index (χ1v) is 8.52. The first-order chi connectivity index (χ1) is 12.8. The number of halogens is 4. The zero-order valence-electron chi connectivity index (χ0n) is 13.9. The van der Waals surface area contributed by atoms with E-state index in [1.54, 1.807) is 18.2 Å². The van der Waals surface area contributed by atoms with Crippen LogP contribution >= 0.6 is 23.2 Å². The van der Waals surface area contributed by atoms with Crippen LogP contribution in [0.15, 0.2) is 47.7 Å². The number of allylic oxidation sites excluding steroid dienone is 1. The summed E-state index contributed by atoms with van der Waals surface area (Å²) in [6.07, 6.45) is 0. The van der Waals surface area contributed by atoms with Crippen LogP contribution in [0.2, 0.25) is 10.0 Å². The molecule has 140 valence electrons. The monoisotopic (exact) mass is 411 g/mol. The summed E-state index contributed by atoms with van der Waals surface area (Å²) < 4.78 is 26.5. The van der Waals surface area contributed by atoms with Crippen LogP contribution in [0.5, 0.6) is 0 Å². The maximum atomic E-state index is 13.4. The summed E-state index contributed by atoms with van der Waals surface area (Å²) in [5.74, 6) is -2.76. The summed E-state index contributed by atoms with van der Waals surface area (Å²) in [5, 5.41) is 8.13. The number of anilines is 1. The molecular formula is C18H13Cl2F2N3O2. The molecule has 0 bridgehead atoms. The zero-order valence-corrected chi connectivity index (χ0v) is 15.4. The molecule has 1 aliphatic heterocycles. The fraction of sp³-hybridized carbons (Fsp3) is 0.111. The number of amides is 3. The second kappa shape index (κ2) is 7.54. The first kappa shape index (κ1) is 19.1. The lowest BCUT2D eigenvalue weighted by molar-refractivity contribution is -0.113. The quantitative estimate of drug-likeness (QED) is 0.693. The summed E-state index contributed by atoms with van der Waals surface area (Å²) >= 11 is 12.4. The van der Waals surface area contributed by atoms with Crippen LogP contribution in [0.3, 0.4) is 0 Å². The van der Waals surface area contributed by atoms with Gasteiger partial charge in [0.15, 0.2) is 11.6 Å². The van der Waals surface area contributed by atoms with Crippen LogP contribution in [0, 0.1) is 11.6 Å². The number of carbonyl (C=O) groups is 2. The smallest absolute Gasteiger partial charge is 0.319 e. The van der Waals surface area contributed by atoms with Gasteiger partial charge in [0.05, 0.1) is 11.6 Å². The minimum Gasteiger partial charge on any atom is -0.327 e. The Morgan fingerprint density at radius 3 is 2.41 bits per heavy atom. The zero-order chi connectivity index (χ0) is 19.7. The first-order valence-electron chi connectivity index (χ1n) is 7.76. The number of hydrogen-bond donors (Lipinski definition) is 3. The molecule has 3 rings (SSSR count). The minimum absolute atomic E-state index is 0.0557. The van der Waals surface area contributed by atoms with Crippen molar-refractivity contribution >= 4 is 40.8 Å². The van der Waals surface area contributed by atoms with Gasteiger partial charge in [0.2, 0.25) is 0 Å². The van der Waals surface area contributed by atoms with Gasteiger partial charge in [-0.05, 0) is 31.2 Å². The fourth-order valence-corrected chi connectivity index (χ4v) is 3.39. The molecule has 9 heteroatoms. The second-order valence-corrected chi connectivity index (χ2v) is 6.60. The number of rotatable bonds is 3. The van der Waals surface area contributed by atoms with Gasteiger partial charge in [-0.15, -0.1) is 0 Å². The maximum Gasteiger partial charge on any atom is 0.319 e. The number of hydrogen-bond acceptors (Lipinski definition) is 2. The van der Waals surface area contributed by atoms with E-state index in [4.69, 9.17) is 23.2 Å². The van der Waals surface area contributed by atoms with Crippen LogP contribution in [0.25, 0.3) is 0 Å². The van der Waals surface area contributed by atoms with Crippen molar-refractivity contribution in [2.45, 2.75) is 13.0 Å². The van der Waals surface area contributed by atoms with Gasteiger partial charge >= 0.3 is 6.03 Å².